The minimum absolute atomic E-state index is 0.263. The predicted octanol–water partition coefficient (Wildman–Crippen LogP) is 2.23. The number of nitriles is 1. The molecule has 0 saturated carbocycles. The van der Waals surface area contributed by atoms with Crippen molar-refractivity contribution in [1.82, 2.24) is 0 Å². The smallest absolute Gasteiger partial charge is 0.129 e. The molecule has 0 aliphatic rings. The van der Waals surface area contributed by atoms with Crippen molar-refractivity contribution >= 4 is 0 Å². The van der Waals surface area contributed by atoms with Gasteiger partial charge in [0.25, 0.3) is 0 Å². The van der Waals surface area contributed by atoms with Gasteiger partial charge in [0.15, 0.2) is 0 Å². The van der Waals surface area contributed by atoms with E-state index >= 15 is 0 Å². The Balaban J connectivity index is 4.40. The summed E-state index contributed by atoms with van der Waals surface area (Å²) in [5.41, 5.74) is 7.78. The predicted molar refractivity (Wildman–Crippen MR) is 38.0 cm³/mol. The van der Waals surface area contributed by atoms with Gasteiger partial charge in [0.05, 0.1) is 6.07 Å². The number of hydrogen-bond donors (Lipinski definition) is 0. The van der Waals surface area contributed by atoms with Gasteiger partial charge in [0.2, 0.25) is 0 Å². The first-order chi connectivity index (χ1) is 4.52. The molecule has 0 aliphatic heterocycles. The monoisotopic (exact) mass is 138 g/mol. The molecule has 0 saturated heterocycles. The SMILES string of the molecule is CC(C)(C)C(C#N)N=[N+]=[N-]. The molecule has 4 nitrogen and oxygen atoms in total. The summed E-state index contributed by atoms with van der Waals surface area (Å²) in [4.78, 5) is 2.58. The van der Waals surface area contributed by atoms with Crippen LogP contribution in [0.25, 0.3) is 10.4 Å². The van der Waals surface area contributed by atoms with Crippen molar-refractivity contribution in [2.75, 3.05) is 0 Å². The van der Waals surface area contributed by atoms with E-state index in [0.29, 0.717) is 0 Å². The summed E-state index contributed by atoms with van der Waals surface area (Å²) in [5.74, 6) is 0. The van der Waals surface area contributed by atoms with Gasteiger partial charge in [0, 0.05) is 4.91 Å². The fraction of sp³-hybridized carbons (Fsp3) is 0.833. The molecule has 0 bridgehead atoms. The summed E-state index contributed by atoms with van der Waals surface area (Å²) in [5, 5.41) is 11.8. The lowest BCUT2D eigenvalue weighted by Gasteiger charge is -2.19. The van der Waals surface area contributed by atoms with Crippen molar-refractivity contribution in [3.63, 3.8) is 0 Å². The van der Waals surface area contributed by atoms with E-state index < -0.39 is 6.04 Å². The van der Waals surface area contributed by atoms with Crippen LogP contribution >= 0.6 is 0 Å². The topological polar surface area (TPSA) is 72.5 Å². The van der Waals surface area contributed by atoms with E-state index in [4.69, 9.17) is 10.8 Å². The highest BCUT2D eigenvalue weighted by molar-refractivity contribution is 4.97. The second kappa shape index (κ2) is 3.09. The average molecular weight is 138 g/mol. The Morgan fingerprint density at radius 1 is 1.60 bits per heavy atom. The van der Waals surface area contributed by atoms with Crippen LogP contribution in [0.1, 0.15) is 20.8 Å². The maximum absolute atomic E-state index is 8.48. The molecule has 54 valence electrons. The van der Waals surface area contributed by atoms with Gasteiger partial charge in [-0.05, 0) is 10.9 Å². The lowest BCUT2D eigenvalue weighted by atomic mass is 9.88. The van der Waals surface area contributed by atoms with Crippen molar-refractivity contribution in [3.8, 4) is 6.07 Å². The third-order valence-electron chi connectivity index (χ3n) is 1.11. The van der Waals surface area contributed by atoms with Crippen LogP contribution in [0.2, 0.25) is 0 Å². The first-order valence-electron chi connectivity index (χ1n) is 2.96. The zero-order valence-electron chi connectivity index (χ0n) is 6.37. The summed E-state index contributed by atoms with van der Waals surface area (Å²) in [6.07, 6.45) is 0. The van der Waals surface area contributed by atoms with E-state index in [0.717, 1.165) is 0 Å². The molecule has 0 aromatic heterocycles. The molecule has 1 unspecified atom stereocenters. The van der Waals surface area contributed by atoms with Gasteiger partial charge >= 0.3 is 0 Å². The van der Waals surface area contributed by atoms with Gasteiger partial charge in [-0.2, -0.15) is 5.26 Å². The second-order valence-corrected chi connectivity index (χ2v) is 3.10. The number of azide groups is 1. The number of nitrogens with zero attached hydrogens (tertiary/aromatic N) is 4. The third-order valence-corrected chi connectivity index (χ3v) is 1.11. The highest BCUT2D eigenvalue weighted by atomic mass is 15.2. The molecule has 0 aliphatic carbocycles. The number of rotatable bonds is 1. The van der Waals surface area contributed by atoms with E-state index in [1.54, 1.807) is 0 Å². The zero-order valence-corrected chi connectivity index (χ0v) is 6.37. The fourth-order valence-corrected chi connectivity index (χ4v) is 0.444. The lowest BCUT2D eigenvalue weighted by Crippen LogP contribution is -2.21. The third kappa shape index (κ3) is 2.38. The van der Waals surface area contributed by atoms with Crippen molar-refractivity contribution in [3.05, 3.63) is 10.4 Å². The van der Waals surface area contributed by atoms with Gasteiger partial charge in [0.1, 0.15) is 6.04 Å². The highest BCUT2D eigenvalue weighted by Gasteiger charge is 2.22. The van der Waals surface area contributed by atoms with Gasteiger partial charge in [-0.15, -0.1) is 0 Å². The van der Waals surface area contributed by atoms with Crippen LogP contribution in [0, 0.1) is 16.7 Å². The Morgan fingerprint density at radius 3 is 2.20 bits per heavy atom. The summed E-state index contributed by atoms with van der Waals surface area (Å²) >= 11 is 0. The van der Waals surface area contributed by atoms with Crippen LogP contribution in [-0.2, 0) is 0 Å². The first kappa shape index (κ1) is 8.80. The lowest BCUT2D eigenvalue weighted by molar-refractivity contribution is 0.371. The van der Waals surface area contributed by atoms with Crippen LogP contribution < -0.4 is 0 Å². The molecule has 0 amide bonds. The summed E-state index contributed by atoms with van der Waals surface area (Å²) in [6, 6.07) is 1.35. The van der Waals surface area contributed by atoms with Crippen molar-refractivity contribution in [2.24, 2.45) is 10.5 Å². The van der Waals surface area contributed by atoms with E-state index in [9.17, 15) is 0 Å². The van der Waals surface area contributed by atoms with Gasteiger partial charge in [-0.1, -0.05) is 25.9 Å². The largest absolute Gasteiger partial charge is 0.198 e. The summed E-state index contributed by atoms with van der Waals surface area (Å²) < 4.78 is 0. The summed E-state index contributed by atoms with van der Waals surface area (Å²) in [6.45, 7) is 5.57. The first-order valence-corrected chi connectivity index (χ1v) is 2.96. The quantitative estimate of drug-likeness (QED) is 0.311. The molecule has 0 aromatic rings. The van der Waals surface area contributed by atoms with Crippen LogP contribution in [0.15, 0.2) is 5.11 Å². The molecule has 10 heavy (non-hydrogen) atoms. The Kier molecular flexibility index (Phi) is 2.72. The molecular weight excluding hydrogens is 128 g/mol. The number of hydrogen-bond acceptors (Lipinski definition) is 2. The molecule has 0 fully saturated rings. The Labute approximate surface area is 60.1 Å². The fourth-order valence-electron chi connectivity index (χ4n) is 0.444. The Bertz CT molecular complexity index is 189. The van der Waals surface area contributed by atoms with Gasteiger partial charge in [-0.25, -0.2) is 0 Å². The zero-order chi connectivity index (χ0) is 8.20. The highest BCUT2D eigenvalue weighted by Crippen LogP contribution is 2.21. The average Bonchev–Trinajstić information content (AvgIpc) is 1.80. The molecule has 0 N–H and O–H groups in total. The van der Waals surface area contributed by atoms with E-state index in [1.807, 2.05) is 26.8 Å². The molecule has 0 radical (unpaired) electrons. The maximum atomic E-state index is 8.48. The van der Waals surface area contributed by atoms with E-state index in [1.165, 1.54) is 0 Å². The van der Waals surface area contributed by atoms with Crippen LogP contribution in [-0.4, -0.2) is 6.04 Å². The molecule has 0 rings (SSSR count). The maximum Gasteiger partial charge on any atom is 0.129 e. The molecule has 1 atom stereocenters. The molecular formula is C6H10N4. The molecule has 0 spiro atoms. The normalized spacial score (nSPS) is 13.0. The minimum atomic E-state index is -0.572. The standard InChI is InChI=1S/C6H10N4/c1-6(2,3)5(4-7)9-10-8/h5H,1-3H3. The van der Waals surface area contributed by atoms with Crippen molar-refractivity contribution in [1.29, 1.82) is 5.26 Å². The van der Waals surface area contributed by atoms with Gasteiger partial charge < -0.3 is 0 Å². The van der Waals surface area contributed by atoms with Crippen LogP contribution in [0.3, 0.4) is 0 Å². The Hall–Kier alpha value is -1.20. The molecule has 0 heterocycles. The van der Waals surface area contributed by atoms with Gasteiger partial charge in [-0.3, -0.25) is 0 Å². The van der Waals surface area contributed by atoms with Crippen molar-refractivity contribution in [2.45, 2.75) is 26.8 Å². The minimum Gasteiger partial charge on any atom is -0.198 e. The second-order valence-electron chi connectivity index (χ2n) is 3.10. The van der Waals surface area contributed by atoms with Crippen LogP contribution in [0.5, 0.6) is 0 Å². The van der Waals surface area contributed by atoms with E-state index in [-0.39, 0.29) is 5.41 Å². The molecule has 0 aromatic carbocycles. The van der Waals surface area contributed by atoms with Crippen LogP contribution in [0.4, 0.5) is 0 Å². The Morgan fingerprint density at radius 2 is 2.10 bits per heavy atom. The van der Waals surface area contributed by atoms with Crippen molar-refractivity contribution < 1.29 is 0 Å². The van der Waals surface area contributed by atoms with E-state index in [2.05, 4.69) is 10.0 Å². The molecule has 4 heteroatoms. The summed E-state index contributed by atoms with van der Waals surface area (Å²) in [7, 11) is 0.